The van der Waals surface area contributed by atoms with E-state index in [2.05, 4.69) is 0 Å². The third kappa shape index (κ3) is 5.57. The second kappa shape index (κ2) is 9.09. The summed E-state index contributed by atoms with van der Waals surface area (Å²) in [5.74, 6) is -0.359. The number of hydrogen-bond donors (Lipinski definition) is 0. The summed E-state index contributed by atoms with van der Waals surface area (Å²) in [6.45, 7) is -0.261. The van der Waals surface area contributed by atoms with Gasteiger partial charge in [0.25, 0.3) is 5.91 Å². The van der Waals surface area contributed by atoms with Gasteiger partial charge in [-0.3, -0.25) is 4.79 Å². The number of benzene rings is 2. The first-order valence-electron chi connectivity index (χ1n) is 9.25. The van der Waals surface area contributed by atoms with Crippen molar-refractivity contribution < 1.29 is 27.5 Å². The molecule has 0 N–H and O–H groups in total. The van der Waals surface area contributed by atoms with Crippen molar-refractivity contribution in [3.63, 3.8) is 0 Å². The number of likely N-dealkylation sites (N-methyl/N-ethyl adjacent to an activating group) is 1. The highest BCUT2D eigenvalue weighted by Gasteiger charge is 2.33. The minimum absolute atomic E-state index is 0.0527. The molecule has 2 aromatic carbocycles. The molecule has 1 amide bonds. The number of rotatable bonds is 7. The number of hydrogen-bond acceptors (Lipinski definition) is 6. The van der Waals surface area contributed by atoms with Crippen LogP contribution in [0.1, 0.15) is 22.3 Å². The highest BCUT2D eigenvalue weighted by molar-refractivity contribution is 7.91. The lowest BCUT2D eigenvalue weighted by Gasteiger charge is -2.23. The number of ether oxygens (including phenoxy) is 2. The largest absolute Gasteiger partial charge is 0.489 e. The molecule has 1 heterocycles. The predicted octanol–water partition coefficient (Wildman–Crippen LogP) is 2.07. The molecular weight excluding hydrogens is 394 g/mol. The molecule has 3 rings (SSSR count). The van der Waals surface area contributed by atoms with E-state index in [1.54, 1.807) is 24.3 Å². The Labute approximate surface area is 170 Å². The first kappa shape index (κ1) is 20.9. The summed E-state index contributed by atoms with van der Waals surface area (Å²) in [4.78, 5) is 26.1. The molecule has 154 valence electrons. The van der Waals surface area contributed by atoms with Crippen LogP contribution in [0.15, 0.2) is 54.6 Å². The Hall–Kier alpha value is -2.87. The fraction of sp³-hybridized carbons (Fsp3) is 0.333. The zero-order chi connectivity index (χ0) is 20.9. The second-order valence-corrected chi connectivity index (χ2v) is 9.13. The second-order valence-electron chi connectivity index (χ2n) is 6.90. The number of nitrogens with zero attached hydrogens (tertiary/aromatic N) is 1. The minimum atomic E-state index is -3.10. The van der Waals surface area contributed by atoms with E-state index < -0.39 is 28.3 Å². The lowest BCUT2D eigenvalue weighted by molar-refractivity contribution is -0.134. The van der Waals surface area contributed by atoms with E-state index in [4.69, 9.17) is 9.47 Å². The fourth-order valence-corrected chi connectivity index (χ4v) is 4.89. The molecule has 0 unspecified atom stereocenters. The van der Waals surface area contributed by atoms with Crippen molar-refractivity contribution in [2.24, 2.45) is 0 Å². The van der Waals surface area contributed by atoms with Crippen molar-refractivity contribution >= 4 is 21.7 Å². The summed E-state index contributed by atoms with van der Waals surface area (Å²) in [6.07, 6.45) is 0.401. The van der Waals surface area contributed by atoms with Gasteiger partial charge in [0, 0.05) is 18.7 Å². The molecule has 0 bridgehead atoms. The zero-order valence-corrected chi connectivity index (χ0v) is 16.9. The third-order valence-corrected chi connectivity index (χ3v) is 6.60. The number of sulfone groups is 1. The van der Waals surface area contributed by atoms with Crippen LogP contribution in [0.3, 0.4) is 0 Å². The van der Waals surface area contributed by atoms with E-state index in [0.29, 0.717) is 23.3 Å². The van der Waals surface area contributed by atoms with Crippen LogP contribution in [0, 0.1) is 0 Å². The highest BCUT2D eigenvalue weighted by Crippen LogP contribution is 2.18. The summed E-state index contributed by atoms with van der Waals surface area (Å²) >= 11 is 0. The van der Waals surface area contributed by atoms with Gasteiger partial charge in [-0.15, -0.1) is 0 Å². The predicted molar refractivity (Wildman–Crippen MR) is 107 cm³/mol. The van der Waals surface area contributed by atoms with E-state index >= 15 is 0 Å². The van der Waals surface area contributed by atoms with Gasteiger partial charge in [-0.2, -0.15) is 0 Å². The molecule has 1 atom stereocenters. The van der Waals surface area contributed by atoms with Gasteiger partial charge in [0.2, 0.25) is 0 Å². The van der Waals surface area contributed by atoms with Crippen LogP contribution in [-0.2, 0) is 26.0 Å². The van der Waals surface area contributed by atoms with Crippen molar-refractivity contribution in [2.45, 2.75) is 19.1 Å². The molecule has 1 saturated heterocycles. The number of carbonyl (C=O) groups is 2. The minimum Gasteiger partial charge on any atom is -0.489 e. The first-order chi connectivity index (χ1) is 13.9. The first-order valence-corrected chi connectivity index (χ1v) is 11.1. The number of amides is 1. The summed E-state index contributed by atoms with van der Waals surface area (Å²) in [5, 5.41) is 0. The molecule has 2 aromatic rings. The lowest BCUT2D eigenvalue weighted by Crippen LogP contribution is -2.40. The normalized spacial score (nSPS) is 17.5. The molecule has 0 aromatic heterocycles. The van der Waals surface area contributed by atoms with Crippen LogP contribution < -0.4 is 4.74 Å². The van der Waals surface area contributed by atoms with Gasteiger partial charge in [-0.25, -0.2) is 13.2 Å². The average Bonchev–Trinajstić information content (AvgIpc) is 3.10. The molecule has 0 aliphatic carbocycles. The van der Waals surface area contributed by atoms with Gasteiger partial charge in [0.15, 0.2) is 16.4 Å². The summed E-state index contributed by atoms with van der Waals surface area (Å²) < 4.78 is 34.0. The van der Waals surface area contributed by atoms with Crippen molar-refractivity contribution in [3.8, 4) is 5.75 Å². The molecule has 1 fully saturated rings. The van der Waals surface area contributed by atoms with Gasteiger partial charge < -0.3 is 14.4 Å². The molecule has 0 spiro atoms. The Morgan fingerprint density at radius 1 is 1.07 bits per heavy atom. The standard InChI is InChI=1S/C21H23NO6S/c1-22(17-11-12-29(25,26)15-17)20(23)14-28-21(24)19-10-6-5-7-16(19)13-27-18-8-3-2-4-9-18/h2-10,17H,11-15H2,1H3/t17-/m1/s1. The maximum Gasteiger partial charge on any atom is 0.339 e. The zero-order valence-electron chi connectivity index (χ0n) is 16.1. The topological polar surface area (TPSA) is 90.0 Å². The van der Waals surface area contributed by atoms with Gasteiger partial charge in [0.1, 0.15) is 12.4 Å². The Bertz CT molecular complexity index is 974. The fourth-order valence-electron chi connectivity index (χ4n) is 3.11. The molecule has 1 aliphatic rings. The Balaban J connectivity index is 1.57. The molecular formula is C21H23NO6S. The summed E-state index contributed by atoms with van der Waals surface area (Å²) in [6, 6.07) is 15.7. The highest BCUT2D eigenvalue weighted by atomic mass is 32.2. The van der Waals surface area contributed by atoms with Gasteiger partial charge in [0.05, 0.1) is 17.1 Å². The quantitative estimate of drug-likeness (QED) is 0.641. The molecule has 0 radical (unpaired) electrons. The molecule has 7 nitrogen and oxygen atoms in total. The van der Waals surface area contributed by atoms with Crippen molar-refractivity contribution in [1.82, 2.24) is 4.90 Å². The monoisotopic (exact) mass is 417 g/mol. The third-order valence-electron chi connectivity index (χ3n) is 4.85. The van der Waals surface area contributed by atoms with Gasteiger partial charge in [-0.05, 0) is 24.6 Å². The van der Waals surface area contributed by atoms with Crippen LogP contribution in [0.5, 0.6) is 5.75 Å². The van der Waals surface area contributed by atoms with E-state index in [-0.39, 0.29) is 24.2 Å². The van der Waals surface area contributed by atoms with Crippen LogP contribution in [-0.4, -0.2) is 56.4 Å². The van der Waals surface area contributed by atoms with Crippen LogP contribution >= 0.6 is 0 Å². The van der Waals surface area contributed by atoms with Crippen molar-refractivity contribution in [3.05, 3.63) is 65.7 Å². The van der Waals surface area contributed by atoms with Gasteiger partial charge >= 0.3 is 5.97 Å². The molecule has 0 saturated carbocycles. The Morgan fingerprint density at radius 2 is 1.76 bits per heavy atom. The van der Waals surface area contributed by atoms with Crippen molar-refractivity contribution in [1.29, 1.82) is 0 Å². The van der Waals surface area contributed by atoms with E-state index in [9.17, 15) is 18.0 Å². The maximum absolute atomic E-state index is 12.5. The average molecular weight is 417 g/mol. The van der Waals surface area contributed by atoms with Crippen LogP contribution in [0.2, 0.25) is 0 Å². The Morgan fingerprint density at radius 3 is 2.45 bits per heavy atom. The maximum atomic E-state index is 12.5. The Kier molecular flexibility index (Phi) is 6.53. The summed E-state index contributed by atoms with van der Waals surface area (Å²) in [5.41, 5.74) is 0.964. The SMILES string of the molecule is CN(C(=O)COC(=O)c1ccccc1COc1ccccc1)[C@@H]1CCS(=O)(=O)C1. The number of para-hydroxylation sites is 1. The summed E-state index contributed by atoms with van der Waals surface area (Å²) in [7, 11) is -1.57. The van der Waals surface area contributed by atoms with E-state index in [1.807, 2.05) is 30.3 Å². The van der Waals surface area contributed by atoms with E-state index in [1.165, 1.54) is 11.9 Å². The number of carbonyl (C=O) groups excluding carboxylic acids is 2. The van der Waals surface area contributed by atoms with Crippen LogP contribution in [0.25, 0.3) is 0 Å². The number of esters is 1. The molecule has 1 aliphatic heterocycles. The molecule has 8 heteroatoms. The smallest absolute Gasteiger partial charge is 0.339 e. The van der Waals surface area contributed by atoms with Crippen LogP contribution in [0.4, 0.5) is 0 Å². The van der Waals surface area contributed by atoms with Gasteiger partial charge in [-0.1, -0.05) is 36.4 Å². The van der Waals surface area contributed by atoms with E-state index in [0.717, 1.165) is 0 Å². The lowest BCUT2D eigenvalue weighted by atomic mass is 10.1. The van der Waals surface area contributed by atoms with Crippen molar-refractivity contribution in [2.75, 3.05) is 25.2 Å². The molecule has 29 heavy (non-hydrogen) atoms.